The van der Waals surface area contributed by atoms with Gasteiger partial charge in [0.25, 0.3) is 0 Å². The highest BCUT2D eigenvalue weighted by Gasteiger charge is 2.56. The van der Waals surface area contributed by atoms with Gasteiger partial charge in [0.15, 0.2) is 0 Å². The minimum Gasteiger partial charge on any atom is -0.389 e. The van der Waals surface area contributed by atoms with E-state index in [0.29, 0.717) is 16.9 Å². The number of Topliss-reactive ketones (excluding diaryl/α,β-unsaturated/α-hetero) is 1. The molecule has 1 saturated carbocycles. The molecule has 0 bridgehead atoms. The van der Waals surface area contributed by atoms with Crippen molar-refractivity contribution >= 4 is 29.0 Å². The maximum atomic E-state index is 13.9. The van der Waals surface area contributed by atoms with Crippen molar-refractivity contribution in [3.05, 3.63) is 94.3 Å². The summed E-state index contributed by atoms with van der Waals surface area (Å²) in [5.41, 5.74) is 3.35. The molecular formula is C31H33FN2O4. The molecule has 4 rings (SSSR count). The molecule has 0 radical (unpaired) electrons. The number of hydrogen-bond acceptors (Lipinski definition) is 4. The first-order valence-electron chi connectivity index (χ1n) is 12.6. The topological polar surface area (TPSA) is 95.5 Å². The molecule has 2 amide bonds. The predicted octanol–water partition coefficient (Wildman–Crippen LogP) is 5.38. The van der Waals surface area contributed by atoms with Crippen LogP contribution in [0.3, 0.4) is 0 Å². The van der Waals surface area contributed by atoms with E-state index in [-0.39, 0.29) is 6.42 Å². The summed E-state index contributed by atoms with van der Waals surface area (Å²) in [6.45, 7) is 8.94. The fourth-order valence-corrected chi connectivity index (χ4v) is 5.34. The van der Waals surface area contributed by atoms with Gasteiger partial charge in [-0.25, -0.2) is 4.39 Å². The van der Waals surface area contributed by atoms with Crippen molar-refractivity contribution in [2.75, 3.05) is 10.6 Å². The van der Waals surface area contributed by atoms with E-state index >= 15 is 0 Å². The van der Waals surface area contributed by atoms with Crippen molar-refractivity contribution in [2.24, 2.45) is 11.8 Å². The molecule has 7 heteroatoms. The van der Waals surface area contributed by atoms with Crippen molar-refractivity contribution in [2.45, 2.75) is 52.6 Å². The fraction of sp³-hybridized carbons (Fsp3) is 0.323. The summed E-state index contributed by atoms with van der Waals surface area (Å²) in [7, 11) is 0. The second kappa shape index (κ2) is 10.5. The lowest BCUT2D eigenvalue weighted by Crippen LogP contribution is -2.56. The summed E-state index contributed by atoms with van der Waals surface area (Å²) in [4.78, 5) is 41.0. The molecule has 0 heterocycles. The highest BCUT2D eigenvalue weighted by Crippen LogP contribution is 2.46. The van der Waals surface area contributed by atoms with E-state index < -0.39 is 46.8 Å². The quantitative estimate of drug-likeness (QED) is 0.397. The minimum absolute atomic E-state index is 0.375. The Labute approximate surface area is 222 Å². The molecular weight excluding hydrogens is 483 g/mol. The van der Waals surface area contributed by atoms with Crippen LogP contribution < -0.4 is 10.6 Å². The van der Waals surface area contributed by atoms with Gasteiger partial charge in [-0.1, -0.05) is 36.4 Å². The van der Waals surface area contributed by atoms with Gasteiger partial charge < -0.3 is 15.7 Å². The maximum Gasteiger partial charge on any atom is 0.235 e. The number of aryl methyl sites for hydroxylation is 4. The molecule has 198 valence electrons. The zero-order valence-corrected chi connectivity index (χ0v) is 22.3. The van der Waals surface area contributed by atoms with Crippen LogP contribution in [-0.2, 0) is 14.4 Å². The molecule has 0 aromatic heterocycles. The van der Waals surface area contributed by atoms with Gasteiger partial charge in [0.05, 0.1) is 11.5 Å². The van der Waals surface area contributed by atoms with E-state index in [2.05, 4.69) is 10.6 Å². The molecule has 4 unspecified atom stereocenters. The number of carbonyl (C=O) groups excluding carboxylic acids is 3. The summed E-state index contributed by atoms with van der Waals surface area (Å²) >= 11 is 0. The Morgan fingerprint density at radius 3 is 1.87 bits per heavy atom. The molecule has 0 aliphatic heterocycles. The Kier molecular flexibility index (Phi) is 7.51. The number of rotatable bonds is 5. The Hall–Kier alpha value is -3.84. The maximum absolute atomic E-state index is 13.9. The summed E-state index contributed by atoms with van der Waals surface area (Å²) in [6.07, 6.45) is -0.375. The van der Waals surface area contributed by atoms with E-state index in [1.807, 2.05) is 64.1 Å². The second-order valence-electron chi connectivity index (χ2n) is 10.6. The lowest BCUT2D eigenvalue weighted by Gasteiger charge is -2.44. The number of benzene rings is 3. The Bertz CT molecular complexity index is 1400. The van der Waals surface area contributed by atoms with E-state index in [9.17, 15) is 23.9 Å². The molecule has 4 atom stereocenters. The van der Waals surface area contributed by atoms with Gasteiger partial charge in [0.1, 0.15) is 17.5 Å². The van der Waals surface area contributed by atoms with Crippen LogP contribution in [0.4, 0.5) is 15.8 Å². The van der Waals surface area contributed by atoms with Crippen LogP contribution in [0.15, 0.2) is 60.7 Å². The lowest BCUT2D eigenvalue weighted by atomic mass is 9.61. The molecule has 38 heavy (non-hydrogen) atoms. The number of nitrogens with one attached hydrogen (secondary N) is 2. The zero-order valence-electron chi connectivity index (χ0n) is 22.3. The average molecular weight is 517 g/mol. The number of ketones is 1. The summed E-state index contributed by atoms with van der Waals surface area (Å²) in [6, 6.07) is 16.6. The van der Waals surface area contributed by atoms with Crippen LogP contribution in [0.25, 0.3) is 0 Å². The number of hydrogen-bond donors (Lipinski definition) is 3. The third kappa shape index (κ3) is 5.53. The summed E-state index contributed by atoms with van der Waals surface area (Å²) in [5, 5.41) is 17.2. The van der Waals surface area contributed by atoms with Crippen LogP contribution in [0.1, 0.15) is 47.1 Å². The Morgan fingerprint density at radius 2 is 1.34 bits per heavy atom. The third-order valence-electron chi connectivity index (χ3n) is 7.39. The molecule has 3 aromatic carbocycles. The first-order valence-corrected chi connectivity index (χ1v) is 12.6. The zero-order chi connectivity index (χ0) is 27.8. The van der Waals surface area contributed by atoms with Crippen molar-refractivity contribution in [1.29, 1.82) is 0 Å². The molecule has 0 saturated heterocycles. The van der Waals surface area contributed by atoms with Gasteiger partial charge >= 0.3 is 0 Å². The molecule has 1 aliphatic rings. The highest BCUT2D eigenvalue weighted by molar-refractivity contribution is 6.10. The van der Waals surface area contributed by atoms with Crippen molar-refractivity contribution in [1.82, 2.24) is 0 Å². The van der Waals surface area contributed by atoms with E-state index in [0.717, 1.165) is 22.3 Å². The van der Waals surface area contributed by atoms with Crippen LogP contribution in [0.2, 0.25) is 0 Å². The number of halogens is 1. The highest BCUT2D eigenvalue weighted by atomic mass is 19.1. The first-order chi connectivity index (χ1) is 17.9. The average Bonchev–Trinajstić information content (AvgIpc) is 2.83. The number of anilines is 2. The number of carbonyl (C=O) groups is 3. The summed E-state index contributed by atoms with van der Waals surface area (Å²) < 4.78 is 13.9. The monoisotopic (exact) mass is 516 g/mol. The SMILES string of the molecule is Cc1ccc(C)c(NC(=O)C2C(=O)CC(C)(O)C(C(=O)Nc3cc(C)ccc3C)C2c2ccc(F)cc2)c1. The standard InChI is InChI=1S/C31H33FN2O4/c1-17-6-8-19(3)23(14-17)33-29(36)27-25(35)16-31(5,38)28(26(27)21-10-12-22(32)13-11-21)30(37)34-24-15-18(2)7-9-20(24)4/h6-15,26-28,38H,16H2,1-5H3,(H,33,36)(H,34,37). The van der Waals surface area contributed by atoms with Gasteiger partial charge in [0, 0.05) is 23.7 Å². The molecule has 1 aliphatic carbocycles. The second-order valence-corrected chi connectivity index (χ2v) is 10.6. The molecule has 6 nitrogen and oxygen atoms in total. The van der Waals surface area contributed by atoms with Crippen LogP contribution in [0, 0.1) is 45.3 Å². The van der Waals surface area contributed by atoms with E-state index in [4.69, 9.17) is 0 Å². The minimum atomic E-state index is -1.74. The summed E-state index contributed by atoms with van der Waals surface area (Å²) in [5.74, 6) is -5.52. The van der Waals surface area contributed by atoms with Gasteiger partial charge in [-0.15, -0.1) is 0 Å². The van der Waals surface area contributed by atoms with Crippen LogP contribution >= 0.6 is 0 Å². The predicted molar refractivity (Wildman–Crippen MR) is 145 cm³/mol. The smallest absolute Gasteiger partial charge is 0.235 e. The van der Waals surface area contributed by atoms with Crippen molar-refractivity contribution in [3.63, 3.8) is 0 Å². The van der Waals surface area contributed by atoms with Crippen molar-refractivity contribution < 1.29 is 23.9 Å². The van der Waals surface area contributed by atoms with Gasteiger partial charge in [-0.05, 0) is 86.7 Å². The Balaban J connectivity index is 1.79. The van der Waals surface area contributed by atoms with Gasteiger partial charge in [-0.2, -0.15) is 0 Å². The molecule has 3 aromatic rings. The first kappa shape index (κ1) is 27.2. The van der Waals surface area contributed by atoms with Crippen LogP contribution in [0.5, 0.6) is 0 Å². The van der Waals surface area contributed by atoms with E-state index in [1.165, 1.54) is 31.2 Å². The van der Waals surface area contributed by atoms with Gasteiger partial charge in [0.2, 0.25) is 11.8 Å². The third-order valence-corrected chi connectivity index (χ3v) is 7.39. The molecule has 1 fully saturated rings. The lowest BCUT2D eigenvalue weighted by molar-refractivity contribution is -0.150. The van der Waals surface area contributed by atoms with Crippen molar-refractivity contribution in [3.8, 4) is 0 Å². The van der Waals surface area contributed by atoms with Crippen LogP contribution in [-0.4, -0.2) is 28.3 Å². The number of aliphatic hydroxyl groups is 1. The molecule has 3 N–H and O–H groups in total. The van der Waals surface area contributed by atoms with Gasteiger partial charge in [-0.3, -0.25) is 14.4 Å². The normalized spacial score (nSPS) is 23.1. The Morgan fingerprint density at radius 1 is 0.842 bits per heavy atom. The van der Waals surface area contributed by atoms with E-state index in [1.54, 1.807) is 0 Å². The fourth-order valence-electron chi connectivity index (χ4n) is 5.34. The number of amides is 2. The molecule has 0 spiro atoms. The largest absolute Gasteiger partial charge is 0.389 e.